The van der Waals surface area contributed by atoms with Gasteiger partial charge >= 0.3 is 0 Å². The van der Waals surface area contributed by atoms with Crippen molar-refractivity contribution in [2.45, 2.75) is 6.10 Å². The van der Waals surface area contributed by atoms with Gasteiger partial charge in [0.05, 0.1) is 6.10 Å². The van der Waals surface area contributed by atoms with Gasteiger partial charge < -0.3 is 5.11 Å². The average Bonchev–Trinajstić information content (AvgIpc) is 1.79. The summed E-state index contributed by atoms with van der Waals surface area (Å²) in [5, 5.41) is 14.0. The van der Waals surface area contributed by atoms with E-state index < -0.39 is 22.0 Å². The molecule has 6 N–H and O–H groups in total. The molecule has 0 aromatic rings. The van der Waals surface area contributed by atoms with E-state index in [9.17, 15) is 8.42 Å². The highest BCUT2D eigenvalue weighted by Crippen LogP contribution is 2.01. The zero-order chi connectivity index (χ0) is 9.78. The molecule has 0 heterocycles. The molecule has 0 fully saturated rings. The van der Waals surface area contributed by atoms with Crippen LogP contribution in [-0.4, -0.2) is 40.9 Å². The van der Waals surface area contributed by atoms with Crippen LogP contribution in [0.15, 0.2) is 0 Å². The van der Waals surface area contributed by atoms with E-state index >= 15 is 0 Å². The van der Waals surface area contributed by atoms with Crippen LogP contribution in [0.3, 0.4) is 0 Å². The molecule has 0 bridgehead atoms. The predicted molar refractivity (Wildman–Crippen MR) is 46.0 cm³/mol. The van der Waals surface area contributed by atoms with Gasteiger partial charge in [0, 0.05) is 5.75 Å². The van der Waals surface area contributed by atoms with Crippen molar-refractivity contribution in [2.75, 3.05) is 11.5 Å². The smallest absolute Gasteiger partial charge is 0.299 e. The molecule has 0 aromatic heterocycles. The van der Waals surface area contributed by atoms with Crippen molar-refractivity contribution in [3.63, 3.8) is 0 Å². The largest absolute Gasteiger partial charge is 0.391 e. The first-order valence-corrected chi connectivity index (χ1v) is 5.54. The normalized spacial score (nSPS) is 14.2. The lowest BCUT2D eigenvalue weighted by molar-refractivity contribution is -0.110. The van der Waals surface area contributed by atoms with Crippen LogP contribution in [0.1, 0.15) is 0 Å². The molecule has 72 valence electrons. The Balaban J connectivity index is 3.75. The summed E-state index contributed by atoms with van der Waals surface area (Å²) in [5.74, 6) is -0.657. The molecule has 6 nitrogen and oxygen atoms in total. The molecule has 0 aliphatic carbocycles. The first kappa shape index (κ1) is 11.7. The van der Waals surface area contributed by atoms with Gasteiger partial charge in [0.1, 0.15) is 5.75 Å². The number of amidine groups is 1. The van der Waals surface area contributed by atoms with Crippen molar-refractivity contribution in [3.05, 3.63) is 0 Å². The van der Waals surface area contributed by atoms with Gasteiger partial charge in [-0.05, 0) is 11.8 Å². The van der Waals surface area contributed by atoms with E-state index in [4.69, 9.17) is 20.8 Å². The molecule has 0 spiro atoms. The Morgan fingerprint density at radius 3 is 2.50 bits per heavy atom. The fraction of sp³-hybridized carbons (Fsp3) is 0.750. The maximum atomic E-state index is 10.2. The first-order chi connectivity index (χ1) is 5.31. The second-order valence-corrected chi connectivity index (χ2v) is 4.71. The fourth-order valence-corrected chi connectivity index (χ4v) is 1.74. The van der Waals surface area contributed by atoms with E-state index in [1.54, 1.807) is 0 Å². The van der Waals surface area contributed by atoms with Crippen molar-refractivity contribution in [2.24, 2.45) is 5.73 Å². The van der Waals surface area contributed by atoms with Crippen molar-refractivity contribution >= 4 is 27.0 Å². The van der Waals surface area contributed by atoms with Gasteiger partial charge in [-0.2, -0.15) is 8.42 Å². The fourth-order valence-electron chi connectivity index (χ4n) is 0.484. The minimum atomic E-state index is -4.13. The van der Waals surface area contributed by atoms with Crippen molar-refractivity contribution in [3.8, 4) is 0 Å². The first-order valence-electron chi connectivity index (χ1n) is 2.95. The van der Waals surface area contributed by atoms with Crippen molar-refractivity contribution in [1.82, 2.24) is 0 Å². The average molecular weight is 215 g/mol. The van der Waals surface area contributed by atoms with Crippen LogP contribution in [0.2, 0.25) is 0 Å². The molecule has 1 unspecified atom stereocenters. The molecule has 1 atom stereocenters. The molecule has 8 heteroatoms. The minimum Gasteiger partial charge on any atom is -0.391 e. The van der Waals surface area contributed by atoms with Crippen LogP contribution in [0.4, 0.5) is 0 Å². The van der Waals surface area contributed by atoms with Crippen LogP contribution >= 0.6 is 11.8 Å². The standard InChI is InChI=1S/C4H10N2O4S2/c5-4(6)11-1-3(7)2-12(8,9)10/h3,7H,1-2H2,(H3,5,6)(H,8,9,10)/p+1. The van der Waals surface area contributed by atoms with Gasteiger partial charge in [-0.15, -0.1) is 0 Å². The summed E-state index contributed by atoms with van der Waals surface area (Å²) in [6, 6.07) is 0. The monoisotopic (exact) mass is 215 g/mol. The topological polar surface area (TPSA) is 126 Å². The quantitative estimate of drug-likeness (QED) is 0.225. The van der Waals surface area contributed by atoms with E-state index in [-0.39, 0.29) is 10.9 Å². The van der Waals surface area contributed by atoms with E-state index in [2.05, 4.69) is 0 Å². The maximum absolute atomic E-state index is 10.2. The van der Waals surface area contributed by atoms with Gasteiger partial charge in [0.25, 0.3) is 15.3 Å². The molecule has 0 amide bonds. The molecule has 0 aromatic carbocycles. The van der Waals surface area contributed by atoms with Gasteiger partial charge in [0.15, 0.2) is 0 Å². The highest BCUT2D eigenvalue weighted by molar-refractivity contribution is 8.13. The SMILES string of the molecule is NC(=[NH2+])SCC(O)CS(=O)(=O)O. The van der Waals surface area contributed by atoms with E-state index in [0.29, 0.717) is 0 Å². The molecule has 0 rings (SSSR count). The van der Waals surface area contributed by atoms with Crippen LogP contribution in [-0.2, 0) is 10.1 Å². The number of aliphatic hydroxyl groups is 1. The zero-order valence-corrected chi connectivity index (χ0v) is 7.81. The summed E-state index contributed by atoms with van der Waals surface area (Å²) in [4.78, 5) is 0. The third-order valence-corrected chi connectivity index (χ3v) is 2.54. The molecule has 12 heavy (non-hydrogen) atoms. The van der Waals surface area contributed by atoms with Crippen LogP contribution < -0.4 is 11.1 Å². The second kappa shape index (κ2) is 4.65. The molecule has 0 saturated carbocycles. The van der Waals surface area contributed by atoms with Gasteiger partial charge in [-0.1, -0.05) is 0 Å². The van der Waals surface area contributed by atoms with E-state index in [0.717, 1.165) is 11.8 Å². The Labute approximate surface area is 74.4 Å². The van der Waals surface area contributed by atoms with E-state index in [1.807, 2.05) is 0 Å². The zero-order valence-electron chi connectivity index (χ0n) is 6.17. The van der Waals surface area contributed by atoms with E-state index in [1.165, 1.54) is 0 Å². The molecule has 0 saturated heterocycles. The lowest BCUT2D eigenvalue weighted by Gasteiger charge is -2.04. The lowest BCUT2D eigenvalue weighted by Crippen LogP contribution is -2.44. The summed E-state index contributed by atoms with van der Waals surface area (Å²) in [6.45, 7) is 0. The lowest BCUT2D eigenvalue weighted by atomic mass is 10.5. The third-order valence-electron chi connectivity index (χ3n) is 0.845. The van der Waals surface area contributed by atoms with Gasteiger partial charge in [0.2, 0.25) is 0 Å². The Bertz CT molecular complexity index is 250. The third kappa shape index (κ3) is 7.79. The molecular formula is C4H11N2O4S2+. The van der Waals surface area contributed by atoms with Gasteiger partial charge in [-0.3, -0.25) is 15.7 Å². The molecule has 0 radical (unpaired) electrons. The Morgan fingerprint density at radius 2 is 2.17 bits per heavy atom. The number of nitrogens with two attached hydrogens (primary N) is 2. The highest BCUT2D eigenvalue weighted by atomic mass is 32.2. The predicted octanol–water partition coefficient (Wildman–Crippen LogP) is -2.96. The molecular weight excluding hydrogens is 204 g/mol. The number of hydrogen-bond donors (Lipinski definition) is 4. The Hall–Kier alpha value is -0.310. The molecule has 0 aliphatic rings. The Kier molecular flexibility index (Phi) is 4.53. The van der Waals surface area contributed by atoms with Crippen molar-refractivity contribution < 1.29 is 23.5 Å². The van der Waals surface area contributed by atoms with Crippen LogP contribution in [0.5, 0.6) is 0 Å². The second-order valence-electron chi connectivity index (χ2n) is 2.12. The summed E-state index contributed by atoms with van der Waals surface area (Å²) in [6.07, 6.45) is -1.16. The Morgan fingerprint density at radius 1 is 1.67 bits per heavy atom. The summed E-state index contributed by atoms with van der Waals surface area (Å²) >= 11 is 0.927. The van der Waals surface area contributed by atoms with Crippen LogP contribution in [0.25, 0.3) is 0 Å². The summed E-state index contributed by atoms with van der Waals surface area (Å²) in [7, 11) is -4.13. The number of rotatable bonds is 4. The minimum absolute atomic E-state index is 0.0438. The molecule has 0 aliphatic heterocycles. The maximum Gasteiger partial charge on any atom is 0.299 e. The van der Waals surface area contributed by atoms with Crippen LogP contribution in [0, 0.1) is 0 Å². The highest BCUT2D eigenvalue weighted by Gasteiger charge is 2.15. The number of hydrogen-bond acceptors (Lipinski definition) is 4. The number of aliphatic hydroxyl groups excluding tert-OH is 1. The number of thioether (sulfide) groups is 1. The summed E-state index contributed by atoms with van der Waals surface area (Å²) in [5.41, 5.74) is 5.04. The summed E-state index contributed by atoms with van der Waals surface area (Å²) < 4.78 is 28.7. The van der Waals surface area contributed by atoms with Crippen molar-refractivity contribution in [1.29, 1.82) is 0 Å². The van der Waals surface area contributed by atoms with Gasteiger partial charge in [-0.25, -0.2) is 0 Å².